The van der Waals surface area contributed by atoms with Crippen molar-refractivity contribution >= 4 is 16.9 Å². The predicted octanol–water partition coefficient (Wildman–Crippen LogP) is -1.12. The first-order valence-electron chi connectivity index (χ1n) is 5.72. The van der Waals surface area contributed by atoms with Gasteiger partial charge in [-0.3, -0.25) is 0 Å². The van der Waals surface area contributed by atoms with E-state index in [0.717, 1.165) is 12.1 Å². The van der Waals surface area contributed by atoms with E-state index in [4.69, 9.17) is 0 Å². The molecule has 0 aliphatic carbocycles. The number of nitrogens with one attached hydrogen (secondary N) is 1. The van der Waals surface area contributed by atoms with Crippen molar-refractivity contribution in [1.29, 1.82) is 0 Å². The summed E-state index contributed by atoms with van der Waals surface area (Å²) < 4.78 is 28.1. The Morgan fingerprint density at radius 3 is 2.62 bits per heavy atom. The van der Waals surface area contributed by atoms with Crippen LogP contribution in [-0.4, -0.2) is 15.9 Å². The third kappa shape index (κ3) is 2.70. The molecule has 21 heavy (non-hydrogen) atoms. The van der Waals surface area contributed by atoms with E-state index in [0.29, 0.717) is 5.39 Å². The molecular formula is C14H7F2N2NaO2. The SMILES string of the molecule is O=C([O-])c1ccc(F)c(-c2ccc3cc[nH]c3c2F)n1.[Na+]. The maximum Gasteiger partial charge on any atom is 1.00 e. The Hall–Kier alpha value is -1.76. The molecule has 0 aliphatic heterocycles. The van der Waals surface area contributed by atoms with E-state index < -0.39 is 23.3 Å². The van der Waals surface area contributed by atoms with E-state index in [1.165, 1.54) is 6.07 Å². The second-order valence-corrected chi connectivity index (χ2v) is 4.18. The van der Waals surface area contributed by atoms with E-state index in [1.807, 2.05) is 0 Å². The van der Waals surface area contributed by atoms with Gasteiger partial charge < -0.3 is 14.9 Å². The zero-order valence-corrected chi connectivity index (χ0v) is 13.0. The minimum Gasteiger partial charge on any atom is -0.543 e. The molecular weight excluding hydrogens is 289 g/mol. The fourth-order valence-corrected chi connectivity index (χ4v) is 2.02. The van der Waals surface area contributed by atoms with E-state index in [9.17, 15) is 18.7 Å². The zero-order chi connectivity index (χ0) is 14.3. The number of carbonyl (C=O) groups excluding carboxylic acids is 1. The molecule has 0 amide bonds. The molecule has 0 fully saturated rings. The Morgan fingerprint density at radius 1 is 1.14 bits per heavy atom. The molecule has 0 saturated carbocycles. The number of benzene rings is 1. The van der Waals surface area contributed by atoms with Crippen molar-refractivity contribution in [3.05, 3.63) is 53.9 Å². The number of carbonyl (C=O) groups is 1. The maximum atomic E-state index is 14.3. The van der Waals surface area contributed by atoms with E-state index >= 15 is 0 Å². The topological polar surface area (TPSA) is 68.8 Å². The van der Waals surface area contributed by atoms with Crippen molar-refractivity contribution < 1.29 is 48.2 Å². The molecule has 0 bridgehead atoms. The normalized spacial score (nSPS) is 10.4. The Balaban J connectivity index is 0.00000161. The summed E-state index contributed by atoms with van der Waals surface area (Å²) in [6.07, 6.45) is 1.55. The van der Waals surface area contributed by atoms with Crippen LogP contribution in [-0.2, 0) is 0 Å². The molecule has 2 aromatic heterocycles. The molecule has 1 N–H and O–H groups in total. The van der Waals surface area contributed by atoms with Gasteiger partial charge >= 0.3 is 29.6 Å². The van der Waals surface area contributed by atoms with Crippen LogP contribution < -0.4 is 34.7 Å². The van der Waals surface area contributed by atoms with Crippen LogP contribution in [0.1, 0.15) is 10.5 Å². The minimum atomic E-state index is -1.55. The predicted molar refractivity (Wildman–Crippen MR) is 65.8 cm³/mol. The number of aromatic nitrogens is 2. The molecule has 3 rings (SSSR count). The van der Waals surface area contributed by atoms with Gasteiger partial charge in [-0.15, -0.1) is 0 Å². The van der Waals surface area contributed by atoms with E-state index in [1.54, 1.807) is 18.3 Å². The van der Waals surface area contributed by atoms with Gasteiger partial charge in [-0.2, -0.15) is 0 Å². The van der Waals surface area contributed by atoms with Crippen LogP contribution in [0, 0.1) is 11.6 Å². The fourth-order valence-electron chi connectivity index (χ4n) is 2.02. The average molecular weight is 296 g/mol. The Labute approximate surface area is 140 Å². The van der Waals surface area contributed by atoms with Gasteiger partial charge in [0.1, 0.15) is 11.5 Å². The summed E-state index contributed by atoms with van der Waals surface area (Å²) in [5.74, 6) is -3.04. The molecule has 0 saturated heterocycles. The van der Waals surface area contributed by atoms with Crippen LogP contribution in [0.15, 0.2) is 36.5 Å². The fraction of sp³-hybridized carbons (Fsp3) is 0. The van der Waals surface area contributed by atoms with Crippen LogP contribution in [0.5, 0.6) is 0 Å². The average Bonchev–Trinajstić information content (AvgIpc) is 2.89. The smallest absolute Gasteiger partial charge is 0.543 e. The van der Waals surface area contributed by atoms with Crippen molar-refractivity contribution in [3.63, 3.8) is 0 Å². The summed E-state index contributed by atoms with van der Waals surface area (Å²) in [5.41, 5.74) is -0.712. The first-order valence-corrected chi connectivity index (χ1v) is 5.72. The molecule has 4 nitrogen and oxygen atoms in total. The van der Waals surface area contributed by atoms with Gasteiger partial charge in [0.15, 0.2) is 5.82 Å². The number of halogens is 2. The number of H-pyrrole nitrogens is 1. The number of pyridine rings is 1. The van der Waals surface area contributed by atoms with Crippen molar-refractivity contribution in [2.75, 3.05) is 0 Å². The number of carboxylic acid groups (broad SMARTS) is 1. The number of aromatic amines is 1. The van der Waals surface area contributed by atoms with Crippen molar-refractivity contribution in [3.8, 4) is 11.3 Å². The Bertz CT molecular complexity index is 833. The molecule has 2 heterocycles. The van der Waals surface area contributed by atoms with E-state index in [2.05, 4.69) is 9.97 Å². The van der Waals surface area contributed by atoms with Crippen molar-refractivity contribution in [2.24, 2.45) is 0 Å². The van der Waals surface area contributed by atoms with Gasteiger partial charge in [-0.1, -0.05) is 6.07 Å². The monoisotopic (exact) mass is 296 g/mol. The summed E-state index contributed by atoms with van der Waals surface area (Å²) in [6.45, 7) is 0. The number of hydrogen-bond donors (Lipinski definition) is 1. The van der Waals surface area contributed by atoms with Gasteiger partial charge in [-0.25, -0.2) is 13.8 Å². The summed E-state index contributed by atoms with van der Waals surface area (Å²) in [7, 11) is 0. The molecule has 1 aromatic carbocycles. The first-order chi connectivity index (χ1) is 9.58. The molecule has 3 aromatic rings. The van der Waals surface area contributed by atoms with E-state index in [-0.39, 0.29) is 46.3 Å². The third-order valence-electron chi connectivity index (χ3n) is 2.98. The van der Waals surface area contributed by atoms with Gasteiger partial charge in [0.2, 0.25) is 0 Å². The van der Waals surface area contributed by atoms with Crippen LogP contribution in [0.4, 0.5) is 8.78 Å². The standard InChI is InChI=1S/C14H8F2N2O2.Na/c15-9-3-4-10(14(19)20)18-13(9)8-2-1-7-5-6-17-12(7)11(8)16;/h1-6,17H,(H,19,20);/q;+1/p-1. The summed E-state index contributed by atoms with van der Waals surface area (Å²) in [4.78, 5) is 17.1. The van der Waals surface area contributed by atoms with Crippen molar-refractivity contribution in [2.45, 2.75) is 0 Å². The first kappa shape index (κ1) is 15.6. The molecule has 0 radical (unpaired) electrons. The van der Waals surface area contributed by atoms with Gasteiger partial charge in [0.25, 0.3) is 0 Å². The molecule has 0 atom stereocenters. The van der Waals surface area contributed by atoms with Crippen molar-refractivity contribution in [1.82, 2.24) is 9.97 Å². The number of fused-ring (bicyclic) bond motifs is 1. The van der Waals surface area contributed by atoms with Gasteiger partial charge in [0, 0.05) is 17.1 Å². The Morgan fingerprint density at radius 2 is 1.90 bits per heavy atom. The van der Waals surface area contributed by atoms with Crippen LogP contribution in [0.2, 0.25) is 0 Å². The summed E-state index contributed by atoms with van der Waals surface area (Å²) >= 11 is 0. The molecule has 100 valence electrons. The number of rotatable bonds is 2. The molecule has 0 aliphatic rings. The second-order valence-electron chi connectivity index (χ2n) is 4.18. The Kier molecular flexibility index (Phi) is 4.41. The van der Waals surface area contributed by atoms with Crippen LogP contribution >= 0.6 is 0 Å². The minimum absolute atomic E-state index is 0. The number of aromatic carboxylic acids is 1. The molecule has 0 spiro atoms. The van der Waals surface area contributed by atoms with Crippen LogP contribution in [0.25, 0.3) is 22.2 Å². The maximum absolute atomic E-state index is 14.3. The largest absolute Gasteiger partial charge is 1.00 e. The number of carboxylic acids is 1. The zero-order valence-electron chi connectivity index (χ0n) is 11.0. The molecule has 0 unspecified atom stereocenters. The van der Waals surface area contributed by atoms with Gasteiger partial charge in [0.05, 0.1) is 17.2 Å². The summed E-state index contributed by atoms with van der Waals surface area (Å²) in [5, 5.41) is 11.4. The molecule has 7 heteroatoms. The van der Waals surface area contributed by atoms with Crippen LogP contribution in [0.3, 0.4) is 0 Å². The van der Waals surface area contributed by atoms with Gasteiger partial charge in [-0.05, 0) is 24.3 Å². The third-order valence-corrected chi connectivity index (χ3v) is 2.98. The summed E-state index contributed by atoms with van der Waals surface area (Å²) in [6, 6.07) is 6.52. The number of nitrogens with zero attached hydrogens (tertiary/aromatic N) is 1. The number of hydrogen-bond acceptors (Lipinski definition) is 3. The second kappa shape index (κ2) is 5.93. The quantitative estimate of drug-likeness (QED) is 0.609.